The quantitative estimate of drug-likeness (QED) is 0.684. The first-order valence-electron chi connectivity index (χ1n) is 5.36. The lowest BCUT2D eigenvalue weighted by atomic mass is 10.2. The Morgan fingerprint density at radius 3 is 1.94 bits per heavy atom. The Kier molecular flexibility index (Phi) is 6.72. The van der Waals surface area contributed by atoms with Crippen LogP contribution in [0.4, 0.5) is 0 Å². The first-order valence-corrected chi connectivity index (χ1v) is 5.36. The summed E-state index contributed by atoms with van der Waals surface area (Å²) in [4.78, 5) is 22.4. The zero-order valence-electron chi connectivity index (χ0n) is 10.2. The predicted octanol–water partition coefficient (Wildman–Crippen LogP) is 0.746. The molecule has 0 saturated carbocycles. The van der Waals surface area contributed by atoms with Gasteiger partial charge in [-0.1, -0.05) is 27.7 Å². The summed E-state index contributed by atoms with van der Waals surface area (Å²) >= 11 is 0. The van der Waals surface area contributed by atoms with Crippen molar-refractivity contribution in [2.24, 2.45) is 11.8 Å². The molecule has 5 heteroatoms. The minimum Gasteiger partial charge on any atom is -0.461 e. The lowest BCUT2D eigenvalue weighted by Gasteiger charge is -2.17. The van der Waals surface area contributed by atoms with Crippen molar-refractivity contribution in [1.82, 2.24) is 0 Å². The van der Waals surface area contributed by atoms with Crippen molar-refractivity contribution < 1.29 is 24.2 Å². The van der Waals surface area contributed by atoms with Crippen LogP contribution >= 0.6 is 0 Å². The number of esters is 2. The largest absolute Gasteiger partial charge is 0.461 e. The van der Waals surface area contributed by atoms with E-state index >= 15 is 0 Å². The SMILES string of the molecule is CC(C)C(=O)OC[C@H](CO)OC(=O)C(C)C. The molecule has 16 heavy (non-hydrogen) atoms. The van der Waals surface area contributed by atoms with Crippen LogP contribution in [0.1, 0.15) is 27.7 Å². The van der Waals surface area contributed by atoms with E-state index in [1.165, 1.54) is 0 Å². The number of ether oxygens (including phenoxy) is 2. The van der Waals surface area contributed by atoms with Crippen molar-refractivity contribution >= 4 is 11.9 Å². The van der Waals surface area contributed by atoms with E-state index in [-0.39, 0.29) is 31.0 Å². The van der Waals surface area contributed by atoms with Crippen molar-refractivity contribution in [1.29, 1.82) is 0 Å². The highest BCUT2D eigenvalue weighted by Crippen LogP contribution is 2.03. The maximum atomic E-state index is 11.2. The number of aliphatic hydroxyl groups excluding tert-OH is 1. The number of hydrogen-bond donors (Lipinski definition) is 1. The minimum atomic E-state index is -0.780. The molecule has 0 aliphatic rings. The van der Waals surface area contributed by atoms with Crippen LogP contribution in [-0.4, -0.2) is 36.4 Å². The topological polar surface area (TPSA) is 72.8 Å². The summed E-state index contributed by atoms with van der Waals surface area (Å²) in [6, 6.07) is 0. The molecule has 0 rings (SSSR count). The Balaban J connectivity index is 4.02. The van der Waals surface area contributed by atoms with Gasteiger partial charge >= 0.3 is 11.9 Å². The molecular formula is C11H20O5. The number of hydrogen-bond acceptors (Lipinski definition) is 5. The van der Waals surface area contributed by atoms with E-state index in [1.807, 2.05) is 0 Å². The van der Waals surface area contributed by atoms with Crippen molar-refractivity contribution in [3.63, 3.8) is 0 Å². The van der Waals surface area contributed by atoms with Gasteiger partial charge in [0.25, 0.3) is 0 Å². The van der Waals surface area contributed by atoms with Gasteiger partial charge in [-0.25, -0.2) is 0 Å². The minimum absolute atomic E-state index is 0.105. The van der Waals surface area contributed by atoms with Gasteiger partial charge in [0.2, 0.25) is 0 Å². The fraction of sp³-hybridized carbons (Fsp3) is 0.818. The molecule has 0 aromatic heterocycles. The molecule has 0 amide bonds. The third-order valence-electron chi connectivity index (χ3n) is 1.84. The summed E-state index contributed by atoms with van der Waals surface area (Å²) in [5.41, 5.74) is 0. The molecule has 0 spiro atoms. The van der Waals surface area contributed by atoms with Gasteiger partial charge in [-0.15, -0.1) is 0 Å². The van der Waals surface area contributed by atoms with Crippen LogP contribution in [0, 0.1) is 11.8 Å². The van der Waals surface area contributed by atoms with Gasteiger partial charge < -0.3 is 14.6 Å². The number of carbonyl (C=O) groups excluding carboxylic acids is 2. The third-order valence-corrected chi connectivity index (χ3v) is 1.84. The maximum absolute atomic E-state index is 11.2. The van der Waals surface area contributed by atoms with E-state index in [2.05, 4.69) is 0 Å². The molecular weight excluding hydrogens is 212 g/mol. The Bertz CT molecular complexity index is 235. The molecule has 1 N–H and O–H groups in total. The normalized spacial score (nSPS) is 12.7. The smallest absolute Gasteiger partial charge is 0.308 e. The zero-order chi connectivity index (χ0) is 12.7. The molecule has 0 aliphatic carbocycles. The molecule has 0 saturated heterocycles. The molecule has 94 valence electrons. The molecule has 0 aromatic rings. The van der Waals surface area contributed by atoms with Gasteiger partial charge in [-0.05, 0) is 0 Å². The lowest BCUT2D eigenvalue weighted by molar-refractivity contribution is -0.165. The van der Waals surface area contributed by atoms with Crippen LogP contribution in [0.5, 0.6) is 0 Å². The monoisotopic (exact) mass is 232 g/mol. The van der Waals surface area contributed by atoms with Gasteiger partial charge in [0.1, 0.15) is 6.61 Å². The van der Waals surface area contributed by atoms with Gasteiger partial charge in [0, 0.05) is 0 Å². The summed E-state index contributed by atoms with van der Waals surface area (Å²) in [6.07, 6.45) is -0.780. The van der Waals surface area contributed by atoms with Crippen LogP contribution in [-0.2, 0) is 19.1 Å². The fourth-order valence-electron chi connectivity index (χ4n) is 0.766. The molecule has 0 aromatic carbocycles. The number of aliphatic hydroxyl groups is 1. The second-order valence-corrected chi connectivity index (χ2v) is 4.18. The highest BCUT2D eigenvalue weighted by molar-refractivity contribution is 5.72. The van der Waals surface area contributed by atoms with Gasteiger partial charge in [0.15, 0.2) is 6.10 Å². The van der Waals surface area contributed by atoms with E-state index in [9.17, 15) is 9.59 Å². The predicted molar refractivity (Wildman–Crippen MR) is 57.6 cm³/mol. The standard InChI is InChI=1S/C11H20O5/c1-7(2)10(13)15-6-9(5-12)16-11(14)8(3)4/h7-9,12H,5-6H2,1-4H3/t9-/m0/s1. The molecule has 0 bridgehead atoms. The van der Waals surface area contributed by atoms with Gasteiger partial charge in [0.05, 0.1) is 18.4 Å². The van der Waals surface area contributed by atoms with Crippen molar-refractivity contribution in [3.05, 3.63) is 0 Å². The van der Waals surface area contributed by atoms with E-state index < -0.39 is 12.1 Å². The first kappa shape index (κ1) is 14.9. The van der Waals surface area contributed by atoms with Gasteiger partial charge in [-0.3, -0.25) is 9.59 Å². The highest BCUT2D eigenvalue weighted by atomic mass is 16.6. The summed E-state index contributed by atoms with van der Waals surface area (Å²) in [5.74, 6) is -1.30. The zero-order valence-corrected chi connectivity index (χ0v) is 10.2. The summed E-state index contributed by atoms with van der Waals surface area (Å²) in [6.45, 7) is 6.33. The average Bonchev–Trinajstić information content (AvgIpc) is 2.22. The molecule has 0 aliphatic heterocycles. The number of carbonyl (C=O) groups is 2. The van der Waals surface area contributed by atoms with Crippen molar-refractivity contribution in [2.75, 3.05) is 13.2 Å². The van der Waals surface area contributed by atoms with Crippen LogP contribution in [0.2, 0.25) is 0 Å². The third kappa shape index (κ3) is 5.70. The highest BCUT2D eigenvalue weighted by Gasteiger charge is 2.18. The van der Waals surface area contributed by atoms with Crippen LogP contribution in [0.3, 0.4) is 0 Å². The molecule has 0 radical (unpaired) electrons. The molecule has 0 unspecified atom stereocenters. The van der Waals surface area contributed by atoms with E-state index in [4.69, 9.17) is 14.6 Å². The Labute approximate surface area is 95.7 Å². The van der Waals surface area contributed by atoms with E-state index in [1.54, 1.807) is 27.7 Å². The van der Waals surface area contributed by atoms with Crippen molar-refractivity contribution in [3.8, 4) is 0 Å². The Hall–Kier alpha value is -1.10. The van der Waals surface area contributed by atoms with Crippen LogP contribution < -0.4 is 0 Å². The molecule has 0 fully saturated rings. The first-order chi connectivity index (χ1) is 7.38. The summed E-state index contributed by atoms with van der Waals surface area (Å²) in [5, 5.41) is 8.94. The van der Waals surface area contributed by atoms with E-state index in [0.717, 1.165) is 0 Å². The average molecular weight is 232 g/mol. The number of rotatable bonds is 6. The molecule has 1 atom stereocenters. The van der Waals surface area contributed by atoms with Crippen LogP contribution in [0.15, 0.2) is 0 Å². The Morgan fingerprint density at radius 2 is 1.56 bits per heavy atom. The lowest BCUT2D eigenvalue weighted by Crippen LogP contribution is -2.30. The second-order valence-electron chi connectivity index (χ2n) is 4.18. The summed E-state index contributed by atoms with van der Waals surface area (Å²) in [7, 11) is 0. The molecule has 5 nitrogen and oxygen atoms in total. The fourth-order valence-corrected chi connectivity index (χ4v) is 0.766. The van der Waals surface area contributed by atoms with Crippen LogP contribution in [0.25, 0.3) is 0 Å². The maximum Gasteiger partial charge on any atom is 0.308 e. The molecule has 0 heterocycles. The second kappa shape index (κ2) is 7.22. The summed E-state index contributed by atoms with van der Waals surface area (Å²) < 4.78 is 9.79. The van der Waals surface area contributed by atoms with Crippen molar-refractivity contribution in [2.45, 2.75) is 33.8 Å². The Morgan fingerprint density at radius 1 is 1.06 bits per heavy atom. The van der Waals surface area contributed by atoms with E-state index in [0.29, 0.717) is 0 Å². The van der Waals surface area contributed by atoms with Gasteiger partial charge in [-0.2, -0.15) is 0 Å².